The molecule has 1 heterocycles. The smallest absolute Gasteiger partial charge is 0.258 e. The number of nitrogens with zero attached hydrogens (tertiary/aromatic N) is 2. The van der Waals surface area contributed by atoms with Gasteiger partial charge in [-0.3, -0.25) is 20.2 Å². The van der Waals surface area contributed by atoms with Gasteiger partial charge in [-0.15, -0.1) is 11.3 Å². The van der Waals surface area contributed by atoms with Crippen molar-refractivity contribution in [1.29, 1.82) is 0 Å². The molecular weight excluding hydrogens is 356 g/mol. The van der Waals surface area contributed by atoms with Crippen molar-refractivity contribution in [2.24, 2.45) is 0 Å². The predicted molar refractivity (Wildman–Crippen MR) is 75.9 cm³/mol. The third-order valence-corrected chi connectivity index (χ3v) is 5.10. The fourth-order valence-corrected chi connectivity index (χ4v) is 4.67. The SMILES string of the molecule is O=[N+]([O-])c1c(Br)sc(Sc2ccccc2)c1[N+](=O)[O-]. The first-order chi connectivity index (χ1) is 9.00. The second-order valence-corrected chi connectivity index (χ2v) is 6.97. The van der Waals surface area contributed by atoms with Crippen LogP contribution in [0.25, 0.3) is 0 Å². The molecule has 1 aromatic heterocycles. The minimum absolute atomic E-state index is 0.155. The monoisotopic (exact) mass is 360 g/mol. The van der Waals surface area contributed by atoms with Gasteiger partial charge in [-0.1, -0.05) is 30.0 Å². The molecule has 0 spiro atoms. The highest BCUT2D eigenvalue weighted by molar-refractivity contribution is 9.11. The Morgan fingerprint density at radius 2 is 1.63 bits per heavy atom. The Kier molecular flexibility index (Phi) is 4.17. The van der Waals surface area contributed by atoms with Gasteiger partial charge in [-0.2, -0.15) is 0 Å². The maximum absolute atomic E-state index is 11.0. The average Bonchev–Trinajstić information content (AvgIpc) is 2.67. The molecule has 2 aromatic rings. The molecule has 0 aliphatic carbocycles. The lowest BCUT2D eigenvalue weighted by molar-refractivity contribution is -0.423. The summed E-state index contributed by atoms with van der Waals surface area (Å²) < 4.78 is 0.442. The lowest BCUT2D eigenvalue weighted by Gasteiger charge is -1.97. The van der Waals surface area contributed by atoms with E-state index in [2.05, 4.69) is 15.9 Å². The van der Waals surface area contributed by atoms with E-state index in [9.17, 15) is 20.2 Å². The topological polar surface area (TPSA) is 86.3 Å². The van der Waals surface area contributed by atoms with E-state index in [1.54, 1.807) is 24.3 Å². The van der Waals surface area contributed by atoms with Crippen LogP contribution >= 0.6 is 39.0 Å². The standard InChI is InChI=1S/C10H5BrN2O4S2/c11-9-7(12(14)15)8(13(16)17)10(19-9)18-6-4-2-1-3-5-6/h1-5H. The number of nitro groups is 2. The van der Waals surface area contributed by atoms with Gasteiger partial charge in [0, 0.05) is 4.90 Å². The summed E-state index contributed by atoms with van der Waals surface area (Å²) in [4.78, 5) is 21.2. The van der Waals surface area contributed by atoms with E-state index in [0.29, 0.717) is 0 Å². The molecule has 0 aliphatic heterocycles. The van der Waals surface area contributed by atoms with Gasteiger partial charge in [0.15, 0.2) is 8.00 Å². The molecule has 0 atom stereocenters. The van der Waals surface area contributed by atoms with Crippen molar-refractivity contribution in [2.75, 3.05) is 0 Å². The molecule has 0 unspecified atom stereocenters. The second kappa shape index (κ2) is 5.68. The summed E-state index contributed by atoms with van der Waals surface area (Å²) in [7, 11) is 0. The van der Waals surface area contributed by atoms with Crippen LogP contribution in [0.2, 0.25) is 0 Å². The van der Waals surface area contributed by atoms with Crippen molar-refractivity contribution in [3.05, 3.63) is 54.3 Å². The zero-order chi connectivity index (χ0) is 14.0. The Morgan fingerprint density at radius 3 is 2.16 bits per heavy atom. The van der Waals surface area contributed by atoms with E-state index in [1.807, 2.05) is 6.07 Å². The first kappa shape index (κ1) is 14.0. The highest BCUT2D eigenvalue weighted by atomic mass is 79.9. The highest BCUT2D eigenvalue weighted by Crippen LogP contribution is 2.50. The van der Waals surface area contributed by atoms with E-state index in [-0.39, 0.29) is 8.00 Å². The van der Waals surface area contributed by atoms with Crippen LogP contribution in [0, 0.1) is 20.2 Å². The summed E-state index contributed by atoms with van der Waals surface area (Å²) in [5, 5.41) is 21.9. The van der Waals surface area contributed by atoms with Crippen LogP contribution < -0.4 is 0 Å². The summed E-state index contributed by atoms with van der Waals surface area (Å²) in [6.07, 6.45) is 0. The van der Waals surface area contributed by atoms with Gasteiger partial charge in [-0.05, 0) is 28.1 Å². The third-order valence-electron chi connectivity index (χ3n) is 2.11. The van der Waals surface area contributed by atoms with Crippen molar-refractivity contribution in [2.45, 2.75) is 9.10 Å². The van der Waals surface area contributed by atoms with Crippen LogP contribution in [0.4, 0.5) is 11.4 Å². The first-order valence-electron chi connectivity index (χ1n) is 4.84. The van der Waals surface area contributed by atoms with Crippen LogP contribution in [-0.2, 0) is 0 Å². The molecule has 0 aliphatic rings. The van der Waals surface area contributed by atoms with Gasteiger partial charge in [0.1, 0.15) is 0 Å². The van der Waals surface area contributed by atoms with Gasteiger partial charge >= 0.3 is 11.4 Å². The van der Waals surface area contributed by atoms with E-state index in [4.69, 9.17) is 0 Å². The Bertz CT molecular complexity index is 644. The number of thiophene rings is 1. The molecule has 2 rings (SSSR count). The molecular formula is C10H5BrN2O4S2. The van der Waals surface area contributed by atoms with Gasteiger partial charge in [0.2, 0.25) is 0 Å². The van der Waals surface area contributed by atoms with Gasteiger partial charge in [0.25, 0.3) is 0 Å². The second-order valence-electron chi connectivity index (χ2n) is 3.29. The zero-order valence-corrected chi connectivity index (χ0v) is 12.3. The molecule has 0 saturated carbocycles. The molecule has 0 bridgehead atoms. The third kappa shape index (κ3) is 2.94. The molecule has 0 saturated heterocycles. The number of hydrogen-bond acceptors (Lipinski definition) is 6. The van der Waals surface area contributed by atoms with Crippen molar-refractivity contribution < 1.29 is 9.85 Å². The number of hydrogen-bond donors (Lipinski definition) is 0. The zero-order valence-electron chi connectivity index (χ0n) is 9.11. The molecule has 19 heavy (non-hydrogen) atoms. The molecule has 9 heteroatoms. The maximum Gasteiger partial charge on any atom is 0.372 e. The van der Waals surface area contributed by atoms with Crippen LogP contribution in [0.3, 0.4) is 0 Å². The van der Waals surface area contributed by atoms with E-state index in [0.717, 1.165) is 28.0 Å². The molecule has 0 radical (unpaired) electrons. The van der Waals surface area contributed by atoms with Crippen LogP contribution in [0.15, 0.2) is 43.2 Å². The van der Waals surface area contributed by atoms with E-state index < -0.39 is 21.2 Å². The largest absolute Gasteiger partial charge is 0.372 e. The van der Waals surface area contributed by atoms with Gasteiger partial charge < -0.3 is 0 Å². The summed E-state index contributed by atoms with van der Waals surface area (Å²) in [5.74, 6) is 0. The Hall–Kier alpha value is -1.45. The first-order valence-corrected chi connectivity index (χ1v) is 7.27. The van der Waals surface area contributed by atoms with Gasteiger partial charge in [-0.25, -0.2) is 0 Å². The Balaban J connectivity index is 2.49. The Morgan fingerprint density at radius 1 is 1.05 bits per heavy atom. The lowest BCUT2D eigenvalue weighted by Crippen LogP contribution is -1.94. The molecule has 6 nitrogen and oxygen atoms in total. The van der Waals surface area contributed by atoms with Crippen LogP contribution in [0.5, 0.6) is 0 Å². The van der Waals surface area contributed by atoms with Crippen molar-refractivity contribution in [3.8, 4) is 0 Å². The number of benzene rings is 1. The number of halogens is 1. The average molecular weight is 361 g/mol. The molecule has 0 amide bonds. The van der Waals surface area contributed by atoms with Crippen molar-refractivity contribution >= 4 is 50.4 Å². The fourth-order valence-electron chi connectivity index (χ4n) is 1.35. The molecule has 0 N–H and O–H groups in total. The Labute approximate surface area is 123 Å². The maximum atomic E-state index is 11.0. The van der Waals surface area contributed by atoms with Crippen molar-refractivity contribution in [1.82, 2.24) is 0 Å². The van der Waals surface area contributed by atoms with Crippen LogP contribution in [-0.4, -0.2) is 9.85 Å². The highest BCUT2D eigenvalue weighted by Gasteiger charge is 2.36. The fraction of sp³-hybridized carbons (Fsp3) is 0. The lowest BCUT2D eigenvalue weighted by atomic mass is 10.4. The minimum Gasteiger partial charge on any atom is -0.258 e. The molecule has 0 fully saturated rings. The van der Waals surface area contributed by atoms with E-state index >= 15 is 0 Å². The van der Waals surface area contributed by atoms with E-state index in [1.165, 1.54) is 0 Å². The summed E-state index contributed by atoms with van der Waals surface area (Å²) in [6, 6.07) is 8.99. The summed E-state index contributed by atoms with van der Waals surface area (Å²) in [6.45, 7) is 0. The predicted octanol–water partition coefficient (Wildman–Crippen LogP) is 4.48. The van der Waals surface area contributed by atoms with Crippen molar-refractivity contribution in [3.63, 3.8) is 0 Å². The summed E-state index contributed by atoms with van der Waals surface area (Å²) in [5.41, 5.74) is -0.954. The van der Waals surface area contributed by atoms with Gasteiger partial charge in [0.05, 0.1) is 9.85 Å². The molecule has 1 aromatic carbocycles. The quantitative estimate of drug-likeness (QED) is 0.592. The normalized spacial score (nSPS) is 10.4. The minimum atomic E-state index is -0.742. The van der Waals surface area contributed by atoms with Crippen LogP contribution in [0.1, 0.15) is 0 Å². The summed E-state index contributed by atoms with van der Waals surface area (Å²) >= 11 is 5.14. The molecule has 98 valence electrons. The number of rotatable bonds is 4.